The lowest BCUT2D eigenvalue weighted by Crippen LogP contribution is -2.39. The van der Waals surface area contributed by atoms with Crippen LogP contribution in [0, 0.1) is 5.21 Å². The molecule has 0 radical (unpaired) electrons. The van der Waals surface area contributed by atoms with Crippen molar-refractivity contribution >= 4 is 5.97 Å². The van der Waals surface area contributed by atoms with E-state index in [-0.39, 0.29) is 12.3 Å². The molecule has 0 N–H and O–H groups in total. The Hall–Kier alpha value is -1.58. The van der Waals surface area contributed by atoms with Crippen molar-refractivity contribution in [1.82, 2.24) is 0 Å². The van der Waals surface area contributed by atoms with Crippen molar-refractivity contribution in [1.29, 1.82) is 0 Å². The molecule has 15 heavy (non-hydrogen) atoms. The van der Waals surface area contributed by atoms with Gasteiger partial charge in [-0.1, -0.05) is 0 Å². The van der Waals surface area contributed by atoms with Crippen molar-refractivity contribution in [3.8, 4) is 0 Å². The largest absolute Gasteiger partial charge is 0.618 e. The van der Waals surface area contributed by atoms with Crippen molar-refractivity contribution in [2.75, 3.05) is 6.61 Å². The first-order valence-corrected chi connectivity index (χ1v) is 5.13. The molecule has 1 aromatic heterocycles. The molecule has 2 rings (SSSR count). The van der Waals surface area contributed by atoms with E-state index in [9.17, 15) is 10.0 Å². The maximum atomic E-state index is 11.8. The molecule has 0 atom stereocenters. The van der Waals surface area contributed by atoms with Crippen LogP contribution < -0.4 is 4.73 Å². The van der Waals surface area contributed by atoms with Crippen molar-refractivity contribution < 1.29 is 14.3 Å². The second-order valence-corrected chi connectivity index (χ2v) is 3.63. The fourth-order valence-corrected chi connectivity index (χ4v) is 1.55. The third-order valence-electron chi connectivity index (χ3n) is 2.45. The van der Waals surface area contributed by atoms with Gasteiger partial charge in [-0.3, -0.25) is 0 Å². The van der Waals surface area contributed by atoms with E-state index in [1.807, 2.05) is 0 Å². The van der Waals surface area contributed by atoms with Gasteiger partial charge in [-0.2, -0.15) is 4.73 Å². The minimum Gasteiger partial charge on any atom is -0.618 e. The van der Waals surface area contributed by atoms with Crippen LogP contribution >= 0.6 is 0 Å². The summed E-state index contributed by atoms with van der Waals surface area (Å²) >= 11 is 0. The number of carbonyl (C=O) groups excluding carboxylic acids is 1. The molecule has 0 aromatic carbocycles. The normalized spacial score (nSPS) is 15.0. The number of esters is 1. The predicted octanol–water partition coefficient (Wildman–Crippen LogP) is 1.37. The number of ether oxygens (including phenoxy) is 1. The van der Waals surface area contributed by atoms with E-state index in [4.69, 9.17) is 4.74 Å². The fraction of sp³-hybridized carbons (Fsp3) is 0.455. The third-order valence-corrected chi connectivity index (χ3v) is 2.45. The van der Waals surface area contributed by atoms with Gasteiger partial charge in [0.05, 0.1) is 6.61 Å². The summed E-state index contributed by atoms with van der Waals surface area (Å²) in [7, 11) is 0. The van der Waals surface area contributed by atoms with Crippen LogP contribution in [0.2, 0.25) is 0 Å². The Morgan fingerprint density at radius 2 is 2.33 bits per heavy atom. The van der Waals surface area contributed by atoms with E-state index in [1.165, 1.54) is 6.07 Å². The minimum atomic E-state index is -0.546. The molecule has 0 spiro atoms. The van der Waals surface area contributed by atoms with Gasteiger partial charge in [-0.25, -0.2) is 4.79 Å². The first-order valence-electron chi connectivity index (χ1n) is 5.13. The molecular formula is C11H13NO3. The lowest BCUT2D eigenvalue weighted by molar-refractivity contribution is -0.617. The zero-order valence-corrected chi connectivity index (χ0v) is 8.60. The zero-order chi connectivity index (χ0) is 10.8. The Labute approximate surface area is 88.1 Å². The summed E-state index contributed by atoms with van der Waals surface area (Å²) in [5.41, 5.74) is 0.766. The molecule has 80 valence electrons. The summed E-state index contributed by atoms with van der Waals surface area (Å²) in [4.78, 5) is 11.4. The molecule has 0 unspecified atom stereocenters. The van der Waals surface area contributed by atoms with Crippen molar-refractivity contribution in [2.45, 2.75) is 25.7 Å². The van der Waals surface area contributed by atoms with E-state index < -0.39 is 5.97 Å². The average molecular weight is 207 g/mol. The number of hydrogen-bond acceptors (Lipinski definition) is 3. The van der Waals surface area contributed by atoms with Crippen molar-refractivity contribution in [3.05, 3.63) is 34.8 Å². The second-order valence-electron chi connectivity index (χ2n) is 3.63. The maximum absolute atomic E-state index is 11.8. The summed E-state index contributed by atoms with van der Waals surface area (Å²) in [6.45, 7) is 2.00. The molecule has 1 saturated carbocycles. The summed E-state index contributed by atoms with van der Waals surface area (Å²) in [6.07, 6.45) is 2.07. The van der Waals surface area contributed by atoms with Crippen LogP contribution in [0.25, 0.3) is 0 Å². The molecule has 1 aromatic rings. The molecular weight excluding hydrogens is 194 g/mol. The average Bonchev–Trinajstić information content (AvgIpc) is 3.02. The molecule has 4 nitrogen and oxygen atoms in total. The summed E-state index contributed by atoms with van der Waals surface area (Å²) < 4.78 is 5.51. The van der Waals surface area contributed by atoms with E-state index in [2.05, 4.69) is 0 Å². The van der Waals surface area contributed by atoms with Crippen LogP contribution in [0.3, 0.4) is 0 Å². The number of pyridine rings is 1. The van der Waals surface area contributed by atoms with Crippen molar-refractivity contribution in [3.63, 3.8) is 0 Å². The molecule has 0 aliphatic heterocycles. The summed E-state index contributed by atoms with van der Waals surface area (Å²) in [5.74, 6) is -0.216. The molecule has 4 heteroatoms. The van der Waals surface area contributed by atoms with Gasteiger partial charge in [0.15, 0.2) is 5.69 Å². The highest BCUT2D eigenvalue weighted by molar-refractivity contribution is 5.85. The summed E-state index contributed by atoms with van der Waals surface area (Å²) in [5, 5.41) is 11.8. The standard InChI is InChI=1S/C11H13NO3/c1-2-15-11(13)10-5-3-4-9(12(10)14)8-6-7-8/h3-5,8H,2,6-7H2,1H3. The van der Waals surface area contributed by atoms with E-state index in [0.717, 1.165) is 12.8 Å². The van der Waals surface area contributed by atoms with Gasteiger partial charge in [-0.05, 0) is 25.8 Å². The fourth-order valence-electron chi connectivity index (χ4n) is 1.55. The van der Waals surface area contributed by atoms with Crippen molar-refractivity contribution in [2.24, 2.45) is 0 Å². The van der Waals surface area contributed by atoms with E-state index >= 15 is 0 Å². The van der Waals surface area contributed by atoms with Gasteiger partial charge in [0.2, 0.25) is 0 Å². The van der Waals surface area contributed by atoms with Gasteiger partial charge in [0.25, 0.3) is 0 Å². The lowest BCUT2D eigenvalue weighted by atomic mass is 10.2. The lowest BCUT2D eigenvalue weighted by Gasteiger charge is -2.07. The summed E-state index contributed by atoms with van der Waals surface area (Å²) in [6, 6.07) is 5.00. The topological polar surface area (TPSA) is 53.2 Å². The highest BCUT2D eigenvalue weighted by atomic mass is 16.5. The minimum absolute atomic E-state index is 0.0845. The van der Waals surface area contributed by atoms with Gasteiger partial charge >= 0.3 is 11.7 Å². The number of hydrogen-bond donors (Lipinski definition) is 0. The molecule has 1 aliphatic rings. The van der Waals surface area contributed by atoms with Gasteiger partial charge < -0.3 is 9.94 Å². The predicted molar refractivity (Wildman–Crippen MR) is 53.3 cm³/mol. The Kier molecular flexibility index (Phi) is 2.58. The van der Waals surface area contributed by atoms with Gasteiger partial charge in [-0.15, -0.1) is 0 Å². The molecule has 0 bridgehead atoms. The van der Waals surface area contributed by atoms with Gasteiger partial charge in [0, 0.05) is 18.1 Å². The van der Waals surface area contributed by atoms with Crippen LogP contribution in [0.1, 0.15) is 41.9 Å². The number of aromatic nitrogens is 1. The smallest absolute Gasteiger partial charge is 0.405 e. The Bertz CT molecular complexity index is 385. The SMILES string of the molecule is CCOC(=O)c1cccc(C2CC2)[n+]1[O-]. The quantitative estimate of drug-likeness (QED) is 0.427. The van der Waals surface area contributed by atoms with E-state index in [0.29, 0.717) is 16.3 Å². The number of carbonyl (C=O) groups is 1. The second kappa shape index (κ2) is 3.88. The van der Waals surface area contributed by atoms with Crippen LogP contribution in [0.4, 0.5) is 0 Å². The Balaban J connectivity index is 2.30. The first kappa shape index (κ1) is 9.96. The molecule has 0 amide bonds. The molecule has 1 fully saturated rings. The van der Waals surface area contributed by atoms with Crippen LogP contribution in [0.5, 0.6) is 0 Å². The third kappa shape index (κ3) is 1.93. The van der Waals surface area contributed by atoms with E-state index in [1.54, 1.807) is 19.1 Å². The Morgan fingerprint density at radius 3 is 2.93 bits per heavy atom. The molecule has 1 aliphatic carbocycles. The van der Waals surface area contributed by atoms with Crippen LogP contribution in [-0.2, 0) is 4.74 Å². The van der Waals surface area contributed by atoms with Crippen LogP contribution in [-0.4, -0.2) is 12.6 Å². The maximum Gasteiger partial charge on any atom is 0.405 e. The molecule has 1 heterocycles. The first-order chi connectivity index (χ1) is 7.24. The highest BCUT2D eigenvalue weighted by Crippen LogP contribution is 2.38. The number of nitrogens with zero attached hydrogens (tertiary/aromatic N) is 1. The monoisotopic (exact) mass is 207 g/mol. The zero-order valence-electron chi connectivity index (χ0n) is 8.60. The molecule has 0 saturated heterocycles. The van der Waals surface area contributed by atoms with Gasteiger partial charge in [0.1, 0.15) is 0 Å². The highest BCUT2D eigenvalue weighted by Gasteiger charge is 2.32. The Morgan fingerprint density at radius 1 is 1.60 bits per heavy atom. The van der Waals surface area contributed by atoms with Crippen LogP contribution in [0.15, 0.2) is 18.2 Å². The number of rotatable bonds is 3.